The van der Waals surface area contributed by atoms with Gasteiger partial charge in [-0.2, -0.15) is 0 Å². The molecule has 0 aromatic heterocycles. The summed E-state index contributed by atoms with van der Waals surface area (Å²) in [6, 6.07) is 12.3. The molecule has 2 nitrogen and oxygen atoms in total. The van der Waals surface area contributed by atoms with Crippen molar-refractivity contribution in [2.24, 2.45) is 0 Å². The molecule has 0 spiro atoms. The summed E-state index contributed by atoms with van der Waals surface area (Å²) in [7, 11) is 0. The molecular weight excluding hydrogens is 243 g/mol. The van der Waals surface area contributed by atoms with Gasteiger partial charge in [-0.1, -0.05) is 30.3 Å². The van der Waals surface area contributed by atoms with E-state index in [1.54, 1.807) is 19.1 Å². The highest BCUT2D eigenvalue weighted by atomic mass is 19.1. The molecule has 19 heavy (non-hydrogen) atoms. The van der Waals surface area contributed by atoms with Crippen LogP contribution in [0.15, 0.2) is 42.5 Å². The van der Waals surface area contributed by atoms with E-state index in [1.807, 2.05) is 24.3 Å². The van der Waals surface area contributed by atoms with Crippen LogP contribution < -0.4 is 0 Å². The summed E-state index contributed by atoms with van der Waals surface area (Å²) in [5.41, 5.74) is 2.98. The van der Waals surface area contributed by atoms with Crippen molar-refractivity contribution in [3.05, 3.63) is 70.5 Å². The molecule has 0 radical (unpaired) electrons. The molecule has 1 aliphatic rings. The molecule has 3 heteroatoms. The first-order valence-corrected chi connectivity index (χ1v) is 6.20. The quantitative estimate of drug-likeness (QED) is 0.767. The Morgan fingerprint density at radius 1 is 1.16 bits per heavy atom. The number of ether oxygens (including phenoxy) is 1. The molecule has 0 bridgehead atoms. The van der Waals surface area contributed by atoms with Gasteiger partial charge in [-0.3, -0.25) is 0 Å². The Hall–Kier alpha value is -2.16. The molecular formula is C16H13FO2. The number of carbonyl (C=O) groups excluding carboxylic acids is 1. The zero-order valence-corrected chi connectivity index (χ0v) is 10.5. The van der Waals surface area contributed by atoms with Crippen LogP contribution in [0.5, 0.6) is 0 Å². The molecule has 1 atom stereocenters. The number of fused-ring (bicyclic) bond motifs is 1. The molecule has 1 heterocycles. The lowest BCUT2D eigenvalue weighted by Gasteiger charge is -2.13. The number of carbonyl (C=O) groups is 1. The van der Waals surface area contributed by atoms with Crippen molar-refractivity contribution in [2.75, 3.05) is 0 Å². The van der Waals surface area contributed by atoms with Gasteiger partial charge in [0.15, 0.2) is 0 Å². The van der Waals surface area contributed by atoms with Crippen LogP contribution in [0.2, 0.25) is 0 Å². The van der Waals surface area contributed by atoms with E-state index in [0.29, 0.717) is 17.5 Å². The first-order valence-electron chi connectivity index (χ1n) is 6.20. The fourth-order valence-electron chi connectivity index (χ4n) is 2.44. The highest BCUT2D eigenvalue weighted by Crippen LogP contribution is 2.33. The Kier molecular flexibility index (Phi) is 2.82. The molecule has 0 amide bonds. The van der Waals surface area contributed by atoms with E-state index in [-0.39, 0.29) is 17.9 Å². The van der Waals surface area contributed by atoms with Crippen molar-refractivity contribution in [2.45, 2.75) is 19.4 Å². The SMILES string of the molecule is Cc1c(F)cccc1CC1OC(=O)c2ccccc21. The van der Waals surface area contributed by atoms with E-state index in [1.165, 1.54) is 6.07 Å². The van der Waals surface area contributed by atoms with Gasteiger partial charge in [-0.05, 0) is 30.2 Å². The van der Waals surface area contributed by atoms with Crippen LogP contribution in [0.25, 0.3) is 0 Å². The molecule has 2 aromatic rings. The third kappa shape index (κ3) is 2.01. The van der Waals surface area contributed by atoms with Gasteiger partial charge in [-0.25, -0.2) is 9.18 Å². The maximum atomic E-state index is 13.5. The van der Waals surface area contributed by atoms with Crippen molar-refractivity contribution in [1.29, 1.82) is 0 Å². The van der Waals surface area contributed by atoms with Crippen LogP contribution in [0.3, 0.4) is 0 Å². The topological polar surface area (TPSA) is 26.3 Å². The van der Waals surface area contributed by atoms with Gasteiger partial charge >= 0.3 is 5.97 Å². The average molecular weight is 256 g/mol. The van der Waals surface area contributed by atoms with Gasteiger partial charge in [0, 0.05) is 12.0 Å². The van der Waals surface area contributed by atoms with Crippen molar-refractivity contribution in [3.63, 3.8) is 0 Å². The second-order valence-electron chi connectivity index (χ2n) is 4.71. The predicted octanol–water partition coefficient (Wildman–Crippen LogP) is 3.59. The molecule has 0 saturated carbocycles. The molecule has 2 aromatic carbocycles. The summed E-state index contributed by atoms with van der Waals surface area (Å²) in [5, 5.41) is 0. The summed E-state index contributed by atoms with van der Waals surface area (Å²) in [6.07, 6.45) is 0.191. The minimum Gasteiger partial charge on any atom is -0.454 e. The van der Waals surface area contributed by atoms with E-state index in [0.717, 1.165) is 11.1 Å². The first-order chi connectivity index (χ1) is 9.16. The maximum Gasteiger partial charge on any atom is 0.339 e. The van der Waals surface area contributed by atoms with Crippen molar-refractivity contribution in [1.82, 2.24) is 0 Å². The smallest absolute Gasteiger partial charge is 0.339 e. The Morgan fingerprint density at radius 2 is 1.95 bits per heavy atom. The summed E-state index contributed by atoms with van der Waals surface area (Å²) in [6.45, 7) is 1.74. The number of hydrogen-bond donors (Lipinski definition) is 0. The lowest BCUT2D eigenvalue weighted by molar-refractivity contribution is 0.0386. The lowest BCUT2D eigenvalue weighted by Crippen LogP contribution is -2.04. The Bertz CT molecular complexity index is 649. The zero-order valence-electron chi connectivity index (χ0n) is 10.5. The number of cyclic esters (lactones) is 1. The van der Waals surface area contributed by atoms with Crippen LogP contribution >= 0.6 is 0 Å². The third-order valence-corrected chi connectivity index (χ3v) is 3.56. The number of esters is 1. The fourth-order valence-corrected chi connectivity index (χ4v) is 2.44. The fraction of sp³-hybridized carbons (Fsp3) is 0.188. The van der Waals surface area contributed by atoms with Gasteiger partial charge in [0.05, 0.1) is 5.56 Å². The number of hydrogen-bond acceptors (Lipinski definition) is 2. The Balaban J connectivity index is 1.94. The maximum absolute atomic E-state index is 13.5. The largest absolute Gasteiger partial charge is 0.454 e. The number of halogens is 1. The molecule has 0 fully saturated rings. The van der Waals surface area contributed by atoms with Crippen LogP contribution in [-0.4, -0.2) is 5.97 Å². The number of rotatable bonds is 2. The van der Waals surface area contributed by atoms with E-state index in [2.05, 4.69) is 0 Å². The van der Waals surface area contributed by atoms with Crippen LogP contribution in [0, 0.1) is 12.7 Å². The second kappa shape index (κ2) is 4.50. The Morgan fingerprint density at radius 3 is 2.79 bits per heavy atom. The molecule has 3 rings (SSSR count). The molecule has 1 aliphatic heterocycles. The minimum absolute atomic E-state index is 0.227. The van der Waals surface area contributed by atoms with Gasteiger partial charge < -0.3 is 4.74 Å². The van der Waals surface area contributed by atoms with Crippen molar-refractivity contribution >= 4 is 5.97 Å². The van der Waals surface area contributed by atoms with Gasteiger partial charge in [-0.15, -0.1) is 0 Å². The van der Waals surface area contributed by atoms with Crippen molar-refractivity contribution in [3.8, 4) is 0 Å². The van der Waals surface area contributed by atoms with E-state index in [4.69, 9.17) is 4.74 Å². The predicted molar refractivity (Wildman–Crippen MR) is 69.4 cm³/mol. The van der Waals surface area contributed by atoms with Crippen LogP contribution in [0.4, 0.5) is 4.39 Å². The van der Waals surface area contributed by atoms with Gasteiger partial charge in [0.2, 0.25) is 0 Å². The second-order valence-corrected chi connectivity index (χ2v) is 4.71. The molecule has 1 unspecified atom stereocenters. The lowest BCUT2D eigenvalue weighted by atomic mass is 9.97. The average Bonchev–Trinajstić information content (AvgIpc) is 2.73. The molecule has 0 N–H and O–H groups in total. The minimum atomic E-state index is -0.316. The molecule has 96 valence electrons. The standard InChI is InChI=1S/C16H13FO2/c1-10-11(5-4-8-14(10)17)9-15-12-6-2-3-7-13(12)16(18)19-15/h2-8,15H,9H2,1H3. The monoisotopic (exact) mass is 256 g/mol. The van der Waals surface area contributed by atoms with Crippen LogP contribution in [0.1, 0.15) is 33.2 Å². The number of benzene rings is 2. The highest BCUT2D eigenvalue weighted by molar-refractivity contribution is 5.94. The van der Waals surface area contributed by atoms with E-state index < -0.39 is 0 Å². The summed E-state index contributed by atoms with van der Waals surface area (Å²) >= 11 is 0. The summed E-state index contributed by atoms with van der Waals surface area (Å²) in [5.74, 6) is -0.523. The Labute approximate surface area is 110 Å². The van der Waals surface area contributed by atoms with Gasteiger partial charge in [0.25, 0.3) is 0 Å². The molecule has 0 saturated heterocycles. The molecule has 0 aliphatic carbocycles. The summed E-state index contributed by atoms with van der Waals surface area (Å²) < 4.78 is 18.9. The van der Waals surface area contributed by atoms with Gasteiger partial charge in [0.1, 0.15) is 11.9 Å². The third-order valence-electron chi connectivity index (χ3n) is 3.56. The highest BCUT2D eigenvalue weighted by Gasteiger charge is 2.30. The summed E-state index contributed by atoms with van der Waals surface area (Å²) in [4.78, 5) is 11.7. The van der Waals surface area contributed by atoms with E-state index >= 15 is 0 Å². The van der Waals surface area contributed by atoms with Crippen molar-refractivity contribution < 1.29 is 13.9 Å². The normalized spacial score (nSPS) is 17.2. The van der Waals surface area contributed by atoms with Crippen LogP contribution in [-0.2, 0) is 11.2 Å². The zero-order chi connectivity index (χ0) is 13.4. The first kappa shape index (κ1) is 11.9. The van der Waals surface area contributed by atoms with E-state index in [9.17, 15) is 9.18 Å².